The lowest BCUT2D eigenvalue weighted by Crippen LogP contribution is -2.26. The van der Waals surface area contributed by atoms with E-state index in [2.05, 4.69) is 6.92 Å². The number of nitrogens with two attached hydrogens (primary N) is 1. The number of carbonyl (C=O) groups excluding carboxylic acids is 1. The van der Waals surface area contributed by atoms with E-state index in [1.165, 1.54) is 0 Å². The molecule has 1 atom stereocenters. The van der Waals surface area contributed by atoms with Crippen LogP contribution in [0.25, 0.3) is 0 Å². The first-order valence-electron chi connectivity index (χ1n) is 6.20. The van der Waals surface area contributed by atoms with Crippen LogP contribution < -0.4 is 5.73 Å². The molecule has 0 aliphatic rings. The zero-order valence-corrected chi connectivity index (χ0v) is 10.5. The predicted octanol–water partition coefficient (Wildman–Crippen LogP) is 1.72. The van der Waals surface area contributed by atoms with Crippen molar-refractivity contribution >= 4 is 5.97 Å². The lowest BCUT2D eigenvalue weighted by atomic mass is 10.0. The van der Waals surface area contributed by atoms with Gasteiger partial charge in [-0.25, -0.2) is 0 Å². The summed E-state index contributed by atoms with van der Waals surface area (Å²) in [5.41, 5.74) is 5.50. The summed E-state index contributed by atoms with van der Waals surface area (Å²) in [5, 5.41) is 0. The lowest BCUT2D eigenvalue weighted by molar-refractivity contribution is -0.150. The minimum absolute atomic E-state index is 0.152. The van der Waals surface area contributed by atoms with Crippen LogP contribution in [0, 0.1) is 5.92 Å². The van der Waals surface area contributed by atoms with E-state index in [-0.39, 0.29) is 11.9 Å². The number of ether oxygens (including phenoxy) is 2. The fourth-order valence-corrected chi connectivity index (χ4v) is 1.35. The third-order valence-corrected chi connectivity index (χ3v) is 2.37. The third-order valence-electron chi connectivity index (χ3n) is 2.37. The molecule has 1 unspecified atom stereocenters. The van der Waals surface area contributed by atoms with Gasteiger partial charge in [0.1, 0.15) is 6.61 Å². The molecular weight excluding hydrogens is 206 g/mol. The lowest BCUT2D eigenvalue weighted by Gasteiger charge is -2.12. The standard InChI is InChI=1S/C12H25NO3/c1-3-5-7-15-8-9-16-12(14)11(10-13)6-4-2/h11H,3-10,13H2,1-2H3. The van der Waals surface area contributed by atoms with Crippen LogP contribution in [-0.4, -0.2) is 32.3 Å². The van der Waals surface area contributed by atoms with Crippen molar-refractivity contribution in [3.05, 3.63) is 0 Å². The van der Waals surface area contributed by atoms with Crippen molar-refractivity contribution in [1.82, 2.24) is 0 Å². The third kappa shape index (κ3) is 7.65. The average molecular weight is 231 g/mol. The molecule has 96 valence electrons. The number of esters is 1. The van der Waals surface area contributed by atoms with Gasteiger partial charge < -0.3 is 15.2 Å². The molecule has 0 saturated heterocycles. The molecule has 4 heteroatoms. The van der Waals surface area contributed by atoms with Gasteiger partial charge >= 0.3 is 5.97 Å². The molecule has 0 fully saturated rings. The highest BCUT2D eigenvalue weighted by Gasteiger charge is 2.16. The van der Waals surface area contributed by atoms with E-state index in [9.17, 15) is 4.79 Å². The van der Waals surface area contributed by atoms with Crippen molar-refractivity contribution in [1.29, 1.82) is 0 Å². The van der Waals surface area contributed by atoms with Gasteiger partial charge in [-0.05, 0) is 12.8 Å². The molecule has 2 N–H and O–H groups in total. The Labute approximate surface area is 98.5 Å². The van der Waals surface area contributed by atoms with Crippen molar-refractivity contribution in [3.63, 3.8) is 0 Å². The Morgan fingerprint density at radius 2 is 1.94 bits per heavy atom. The second-order valence-corrected chi connectivity index (χ2v) is 3.85. The summed E-state index contributed by atoms with van der Waals surface area (Å²) in [6, 6.07) is 0. The van der Waals surface area contributed by atoms with Gasteiger partial charge in [-0.1, -0.05) is 26.7 Å². The normalized spacial score (nSPS) is 12.4. The summed E-state index contributed by atoms with van der Waals surface area (Å²) in [6.07, 6.45) is 3.91. The van der Waals surface area contributed by atoms with Gasteiger partial charge in [0.25, 0.3) is 0 Å². The van der Waals surface area contributed by atoms with Crippen molar-refractivity contribution in [3.8, 4) is 0 Å². The molecule has 16 heavy (non-hydrogen) atoms. The Balaban J connectivity index is 3.47. The van der Waals surface area contributed by atoms with Gasteiger partial charge in [-0.2, -0.15) is 0 Å². The number of unbranched alkanes of at least 4 members (excludes halogenated alkanes) is 1. The molecular formula is C12H25NO3. The molecule has 0 amide bonds. The SMILES string of the molecule is CCCCOCCOC(=O)C(CN)CCC. The van der Waals surface area contributed by atoms with Crippen LogP contribution in [0.4, 0.5) is 0 Å². The fourth-order valence-electron chi connectivity index (χ4n) is 1.35. The van der Waals surface area contributed by atoms with Gasteiger partial charge in [0.15, 0.2) is 0 Å². The summed E-state index contributed by atoms with van der Waals surface area (Å²) in [5.74, 6) is -0.343. The number of carbonyl (C=O) groups is 1. The van der Waals surface area contributed by atoms with E-state index in [4.69, 9.17) is 15.2 Å². The van der Waals surface area contributed by atoms with Gasteiger partial charge in [-0.15, -0.1) is 0 Å². The highest BCUT2D eigenvalue weighted by atomic mass is 16.6. The highest BCUT2D eigenvalue weighted by Crippen LogP contribution is 2.06. The Morgan fingerprint density at radius 3 is 2.50 bits per heavy atom. The summed E-state index contributed by atoms with van der Waals surface area (Å²) >= 11 is 0. The average Bonchev–Trinajstić information content (AvgIpc) is 2.30. The maximum atomic E-state index is 11.5. The molecule has 0 aromatic heterocycles. The molecule has 0 aromatic carbocycles. The largest absolute Gasteiger partial charge is 0.463 e. The predicted molar refractivity (Wildman–Crippen MR) is 64.1 cm³/mol. The number of hydrogen-bond donors (Lipinski definition) is 1. The first kappa shape index (κ1) is 15.4. The Bertz CT molecular complexity index is 174. The zero-order chi connectivity index (χ0) is 12.2. The first-order chi connectivity index (χ1) is 7.76. The van der Waals surface area contributed by atoms with Crippen molar-refractivity contribution in [2.75, 3.05) is 26.4 Å². The highest BCUT2D eigenvalue weighted by molar-refractivity contribution is 5.72. The number of hydrogen-bond acceptors (Lipinski definition) is 4. The van der Waals surface area contributed by atoms with Gasteiger partial charge in [0.2, 0.25) is 0 Å². The van der Waals surface area contributed by atoms with Crippen LogP contribution in [0.2, 0.25) is 0 Å². The number of rotatable bonds is 10. The van der Waals surface area contributed by atoms with Gasteiger partial charge in [-0.3, -0.25) is 4.79 Å². The van der Waals surface area contributed by atoms with Crippen LogP contribution in [-0.2, 0) is 14.3 Å². The van der Waals surface area contributed by atoms with Crippen LogP contribution in [0.5, 0.6) is 0 Å². The molecule has 0 aliphatic carbocycles. The quantitative estimate of drug-likeness (QED) is 0.459. The summed E-state index contributed by atoms with van der Waals surface area (Å²) in [6.45, 7) is 6.06. The van der Waals surface area contributed by atoms with E-state index in [0.29, 0.717) is 19.8 Å². The first-order valence-corrected chi connectivity index (χ1v) is 6.20. The topological polar surface area (TPSA) is 61.5 Å². The van der Waals surface area contributed by atoms with Crippen LogP contribution >= 0.6 is 0 Å². The van der Waals surface area contributed by atoms with E-state index in [1.807, 2.05) is 6.92 Å². The van der Waals surface area contributed by atoms with Crippen LogP contribution in [0.15, 0.2) is 0 Å². The zero-order valence-electron chi connectivity index (χ0n) is 10.5. The van der Waals surface area contributed by atoms with E-state index in [0.717, 1.165) is 32.3 Å². The van der Waals surface area contributed by atoms with E-state index < -0.39 is 0 Å². The molecule has 0 spiro atoms. The Morgan fingerprint density at radius 1 is 1.19 bits per heavy atom. The molecule has 0 aliphatic heterocycles. The van der Waals surface area contributed by atoms with Crippen molar-refractivity contribution in [2.45, 2.75) is 39.5 Å². The minimum Gasteiger partial charge on any atom is -0.463 e. The van der Waals surface area contributed by atoms with Gasteiger partial charge in [0.05, 0.1) is 12.5 Å². The summed E-state index contributed by atoms with van der Waals surface area (Å²) in [4.78, 5) is 11.5. The molecule has 0 rings (SSSR count). The Hall–Kier alpha value is -0.610. The second-order valence-electron chi connectivity index (χ2n) is 3.85. The second kappa shape index (κ2) is 10.9. The van der Waals surface area contributed by atoms with E-state index in [1.54, 1.807) is 0 Å². The minimum atomic E-state index is -0.191. The maximum absolute atomic E-state index is 11.5. The fraction of sp³-hybridized carbons (Fsp3) is 0.917. The molecule has 0 saturated carbocycles. The summed E-state index contributed by atoms with van der Waals surface area (Å²) in [7, 11) is 0. The van der Waals surface area contributed by atoms with Crippen molar-refractivity contribution in [2.24, 2.45) is 11.7 Å². The molecule has 0 aromatic rings. The van der Waals surface area contributed by atoms with Crippen LogP contribution in [0.1, 0.15) is 39.5 Å². The monoisotopic (exact) mass is 231 g/mol. The van der Waals surface area contributed by atoms with Crippen molar-refractivity contribution < 1.29 is 14.3 Å². The van der Waals surface area contributed by atoms with Gasteiger partial charge in [0, 0.05) is 13.2 Å². The van der Waals surface area contributed by atoms with E-state index >= 15 is 0 Å². The molecule has 0 radical (unpaired) electrons. The summed E-state index contributed by atoms with van der Waals surface area (Å²) < 4.78 is 10.4. The smallest absolute Gasteiger partial charge is 0.310 e. The molecule has 0 bridgehead atoms. The maximum Gasteiger partial charge on any atom is 0.310 e. The van der Waals surface area contributed by atoms with Crippen LogP contribution in [0.3, 0.4) is 0 Å². The molecule has 0 heterocycles. The Kier molecular flexibility index (Phi) is 10.5. The molecule has 4 nitrogen and oxygen atoms in total.